The maximum atomic E-state index is 12.4. The SMILES string of the molecule is CCCCn1c(=O)[nH]c(=O)c2c1nc(COC(=O)c1ccc3c(c1)OCO3)n2C. The summed E-state index contributed by atoms with van der Waals surface area (Å²) >= 11 is 0. The number of nitrogens with one attached hydrogen (secondary N) is 1. The first-order chi connectivity index (χ1) is 14.0. The van der Waals surface area contributed by atoms with E-state index in [-0.39, 0.29) is 24.6 Å². The van der Waals surface area contributed by atoms with Crippen molar-refractivity contribution in [1.29, 1.82) is 0 Å². The Kier molecular flexibility index (Phi) is 4.83. The van der Waals surface area contributed by atoms with Crippen molar-refractivity contribution in [1.82, 2.24) is 19.1 Å². The minimum atomic E-state index is -0.562. The minimum Gasteiger partial charge on any atom is -0.454 e. The Morgan fingerprint density at radius 1 is 1.28 bits per heavy atom. The van der Waals surface area contributed by atoms with Crippen LogP contribution in [0.1, 0.15) is 35.9 Å². The molecule has 29 heavy (non-hydrogen) atoms. The quantitative estimate of drug-likeness (QED) is 0.620. The molecule has 3 aromatic rings. The van der Waals surface area contributed by atoms with Crippen LogP contribution in [0.5, 0.6) is 11.5 Å². The van der Waals surface area contributed by atoms with Crippen molar-refractivity contribution in [2.45, 2.75) is 32.9 Å². The molecular formula is C19H20N4O6. The number of aromatic nitrogens is 4. The van der Waals surface area contributed by atoms with Crippen LogP contribution in [0.4, 0.5) is 0 Å². The zero-order valence-electron chi connectivity index (χ0n) is 16.1. The van der Waals surface area contributed by atoms with Gasteiger partial charge in [0, 0.05) is 13.6 Å². The lowest BCUT2D eigenvalue weighted by Crippen LogP contribution is -2.31. The number of esters is 1. The zero-order chi connectivity index (χ0) is 20.5. The van der Waals surface area contributed by atoms with Crippen molar-refractivity contribution >= 4 is 17.1 Å². The average molecular weight is 400 g/mol. The van der Waals surface area contributed by atoms with Gasteiger partial charge in [-0.3, -0.25) is 14.3 Å². The summed E-state index contributed by atoms with van der Waals surface area (Å²) in [6.07, 6.45) is 1.66. The van der Waals surface area contributed by atoms with Crippen LogP contribution in [0.25, 0.3) is 11.2 Å². The van der Waals surface area contributed by atoms with Crippen LogP contribution < -0.4 is 20.7 Å². The number of carbonyl (C=O) groups is 1. The van der Waals surface area contributed by atoms with Gasteiger partial charge < -0.3 is 18.8 Å². The second-order valence-electron chi connectivity index (χ2n) is 6.67. The van der Waals surface area contributed by atoms with Crippen LogP contribution >= 0.6 is 0 Å². The number of benzene rings is 1. The number of aryl methyl sites for hydroxylation is 2. The second-order valence-corrected chi connectivity index (χ2v) is 6.67. The molecular weight excluding hydrogens is 380 g/mol. The third-order valence-electron chi connectivity index (χ3n) is 4.78. The molecule has 0 aliphatic carbocycles. The monoisotopic (exact) mass is 400 g/mol. The maximum Gasteiger partial charge on any atom is 0.338 e. The summed E-state index contributed by atoms with van der Waals surface area (Å²) in [4.78, 5) is 43.5. The predicted molar refractivity (Wildman–Crippen MR) is 102 cm³/mol. The normalized spacial score (nSPS) is 12.5. The molecule has 0 amide bonds. The number of rotatable bonds is 6. The van der Waals surface area contributed by atoms with E-state index in [2.05, 4.69) is 9.97 Å². The molecule has 0 unspecified atom stereocenters. The number of hydrogen-bond acceptors (Lipinski definition) is 7. The van der Waals surface area contributed by atoms with E-state index in [0.29, 0.717) is 29.4 Å². The van der Waals surface area contributed by atoms with Crippen molar-refractivity contribution < 1.29 is 19.0 Å². The lowest BCUT2D eigenvalue weighted by molar-refractivity contribution is 0.0459. The fourth-order valence-corrected chi connectivity index (χ4v) is 3.18. The van der Waals surface area contributed by atoms with Gasteiger partial charge in [-0.05, 0) is 24.6 Å². The van der Waals surface area contributed by atoms with Crippen molar-refractivity contribution in [3.8, 4) is 11.5 Å². The van der Waals surface area contributed by atoms with Gasteiger partial charge in [-0.2, -0.15) is 0 Å². The van der Waals surface area contributed by atoms with Gasteiger partial charge in [0.1, 0.15) is 12.4 Å². The second kappa shape index (κ2) is 7.46. The molecule has 0 fully saturated rings. The first-order valence-corrected chi connectivity index (χ1v) is 9.24. The lowest BCUT2D eigenvalue weighted by atomic mass is 10.2. The molecule has 4 rings (SSSR count). The molecule has 1 aliphatic rings. The summed E-state index contributed by atoms with van der Waals surface area (Å²) in [6, 6.07) is 4.77. The summed E-state index contributed by atoms with van der Waals surface area (Å²) in [5, 5.41) is 0. The molecule has 2 aromatic heterocycles. The minimum absolute atomic E-state index is 0.113. The summed E-state index contributed by atoms with van der Waals surface area (Å²) in [6.45, 7) is 2.41. The fraction of sp³-hybridized carbons (Fsp3) is 0.368. The van der Waals surface area contributed by atoms with Crippen LogP contribution in [0.2, 0.25) is 0 Å². The maximum absolute atomic E-state index is 12.4. The Balaban J connectivity index is 1.60. The number of unbranched alkanes of at least 4 members (excludes halogenated alkanes) is 1. The van der Waals surface area contributed by atoms with Gasteiger partial charge in [0.15, 0.2) is 22.7 Å². The van der Waals surface area contributed by atoms with E-state index in [1.165, 1.54) is 9.13 Å². The van der Waals surface area contributed by atoms with E-state index in [9.17, 15) is 14.4 Å². The smallest absolute Gasteiger partial charge is 0.338 e. The van der Waals surface area contributed by atoms with Gasteiger partial charge in [0.25, 0.3) is 5.56 Å². The highest BCUT2D eigenvalue weighted by atomic mass is 16.7. The van der Waals surface area contributed by atoms with Gasteiger partial charge in [-0.15, -0.1) is 0 Å². The van der Waals surface area contributed by atoms with Gasteiger partial charge in [0.05, 0.1) is 5.56 Å². The van der Waals surface area contributed by atoms with Crippen molar-refractivity contribution in [3.05, 3.63) is 50.4 Å². The standard InChI is InChI=1S/C19H20N4O6/c1-3-4-7-23-16-15(17(24)21-19(23)26)22(2)14(20-16)9-27-18(25)11-5-6-12-13(8-11)29-10-28-12/h5-6,8H,3-4,7,9-10H2,1-2H3,(H,21,24,26). The molecule has 1 aromatic carbocycles. The molecule has 0 radical (unpaired) electrons. The number of hydrogen-bond donors (Lipinski definition) is 1. The first-order valence-electron chi connectivity index (χ1n) is 9.24. The molecule has 3 heterocycles. The molecule has 1 N–H and O–H groups in total. The van der Waals surface area contributed by atoms with E-state index in [0.717, 1.165) is 12.8 Å². The number of ether oxygens (including phenoxy) is 3. The van der Waals surface area contributed by atoms with E-state index >= 15 is 0 Å². The molecule has 0 saturated heterocycles. The topological polar surface area (TPSA) is 117 Å². The fourth-order valence-electron chi connectivity index (χ4n) is 3.18. The Labute approximate surface area is 164 Å². The van der Waals surface area contributed by atoms with Crippen LogP contribution in [-0.4, -0.2) is 31.9 Å². The molecule has 0 saturated carbocycles. The molecule has 1 aliphatic heterocycles. The van der Waals surface area contributed by atoms with Gasteiger partial charge in [-0.1, -0.05) is 13.3 Å². The molecule has 10 heteroatoms. The highest BCUT2D eigenvalue weighted by molar-refractivity contribution is 5.90. The number of aromatic amines is 1. The van der Waals surface area contributed by atoms with E-state index in [1.807, 2.05) is 6.92 Å². The molecule has 0 atom stereocenters. The van der Waals surface area contributed by atoms with E-state index < -0.39 is 17.2 Å². The van der Waals surface area contributed by atoms with Crippen LogP contribution in [0.15, 0.2) is 27.8 Å². The molecule has 10 nitrogen and oxygen atoms in total. The van der Waals surface area contributed by atoms with Gasteiger partial charge in [-0.25, -0.2) is 14.6 Å². The Morgan fingerprint density at radius 2 is 2.07 bits per heavy atom. The number of H-pyrrole nitrogens is 1. The third-order valence-corrected chi connectivity index (χ3v) is 4.78. The predicted octanol–water partition coefficient (Wildman–Crippen LogP) is 1.31. The largest absolute Gasteiger partial charge is 0.454 e. The highest BCUT2D eigenvalue weighted by Gasteiger charge is 2.20. The number of fused-ring (bicyclic) bond motifs is 2. The first kappa shape index (κ1) is 18.8. The Hall–Kier alpha value is -3.56. The lowest BCUT2D eigenvalue weighted by Gasteiger charge is -2.06. The molecule has 152 valence electrons. The number of imidazole rings is 1. The highest BCUT2D eigenvalue weighted by Crippen LogP contribution is 2.32. The van der Waals surface area contributed by atoms with Crippen LogP contribution in [0.3, 0.4) is 0 Å². The van der Waals surface area contributed by atoms with Crippen LogP contribution in [0, 0.1) is 0 Å². The summed E-state index contributed by atoms with van der Waals surface area (Å²) in [5.41, 5.74) is -0.177. The van der Waals surface area contributed by atoms with Crippen molar-refractivity contribution in [3.63, 3.8) is 0 Å². The van der Waals surface area contributed by atoms with Crippen molar-refractivity contribution in [2.24, 2.45) is 7.05 Å². The summed E-state index contributed by atoms with van der Waals surface area (Å²) in [5.74, 6) is 0.845. The van der Waals surface area contributed by atoms with Crippen molar-refractivity contribution in [2.75, 3.05) is 6.79 Å². The Bertz CT molecular complexity index is 1210. The number of carbonyl (C=O) groups excluding carboxylic acids is 1. The molecule has 0 bridgehead atoms. The zero-order valence-corrected chi connectivity index (χ0v) is 16.1. The van der Waals surface area contributed by atoms with Crippen LogP contribution in [-0.2, 0) is 24.9 Å². The number of nitrogens with zero attached hydrogens (tertiary/aromatic N) is 3. The van der Waals surface area contributed by atoms with E-state index in [1.54, 1.807) is 25.2 Å². The Morgan fingerprint density at radius 3 is 2.86 bits per heavy atom. The van der Waals surface area contributed by atoms with Gasteiger partial charge >= 0.3 is 11.7 Å². The summed E-state index contributed by atoms with van der Waals surface area (Å²) in [7, 11) is 1.64. The van der Waals surface area contributed by atoms with E-state index in [4.69, 9.17) is 14.2 Å². The molecule has 0 spiro atoms. The van der Waals surface area contributed by atoms with Gasteiger partial charge in [0.2, 0.25) is 6.79 Å². The third kappa shape index (κ3) is 3.37. The summed E-state index contributed by atoms with van der Waals surface area (Å²) < 4.78 is 18.8. The average Bonchev–Trinajstić information content (AvgIpc) is 3.30.